The van der Waals surface area contributed by atoms with E-state index in [0.29, 0.717) is 0 Å². The molecule has 0 aliphatic carbocycles. The highest BCUT2D eigenvalue weighted by Crippen LogP contribution is 2.13. The van der Waals surface area contributed by atoms with Crippen LogP contribution in [0.2, 0.25) is 0 Å². The van der Waals surface area contributed by atoms with E-state index in [1.54, 1.807) is 0 Å². The second kappa shape index (κ2) is 3.84. The van der Waals surface area contributed by atoms with Crippen LogP contribution in [-0.2, 0) is 0 Å². The molecule has 0 aliphatic rings. The summed E-state index contributed by atoms with van der Waals surface area (Å²) >= 11 is 0. The molecule has 0 radical (unpaired) electrons. The number of hydrogen-bond acceptors (Lipinski definition) is 8. The first kappa shape index (κ1) is 10.5. The monoisotopic (exact) mass is 238 g/mol. The minimum Gasteiger partial charge on any atom is -0.856 e. The van der Waals surface area contributed by atoms with E-state index >= 15 is 0 Å². The Morgan fingerprint density at radius 2 is 2.00 bits per heavy atom. The smallest absolute Gasteiger partial charge is 0.336 e. The highest BCUT2D eigenvalue weighted by molar-refractivity contribution is 5.69. The Labute approximate surface area is 91.7 Å². The number of hydrogen-bond donors (Lipinski definition) is 3. The Bertz CT molecular complexity index is 666. The Morgan fingerprint density at radius 3 is 2.71 bits per heavy atom. The molecule has 88 valence electrons. The standard InChI is InChI=1S/C4HN7O2.CH5N3/c12-4-3-6-9-10-11(3)2-1(5-4)7-13-8-2;2-1(3)4/h(H,5,7,12);(H5,2,3,4). The van der Waals surface area contributed by atoms with Crippen molar-refractivity contribution >= 4 is 22.9 Å². The lowest BCUT2D eigenvalue weighted by atomic mass is 10.6. The number of nitrogens with zero attached hydrogens (tertiary/aromatic N) is 7. The zero-order chi connectivity index (χ0) is 12.4. The summed E-state index contributed by atoms with van der Waals surface area (Å²) in [5.74, 6) is -0.645. The molecule has 17 heavy (non-hydrogen) atoms. The molecule has 3 heterocycles. The Morgan fingerprint density at radius 1 is 1.29 bits per heavy atom. The summed E-state index contributed by atoms with van der Waals surface area (Å²) in [6.07, 6.45) is 0. The van der Waals surface area contributed by atoms with Crippen LogP contribution >= 0.6 is 0 Å². The summed E-state index contributed by atoms with van der Waals surface area (Å²) in [7, 11) is 0. The van der Waals surface area contributed by atoms with Crippen molar-refractivity contribution in [2.75, 3.05) is 0 Å². The fraction of sp³-hybridized carbons (Fsp3) is 0. The van der Waals surface area contributed by atoms with Gasteiger partial charge in [0.2, 0.25) is 11.3 Å². The topological polar surface area (TPSA) is 196 Å². The van der Waals surface area contributed by atoms with Gasteiger partial charge in [-0.1, -0.05) is 0 Å². The maximum absolute atomic E-state index is 11.2. The van der Waals surface area contributed by atoms with Gasteiger partial charge in [-0.2, -0.15) is 4.52 Å². The number of nitrogens with two attached hydrogens (primary N) is 3. The summed E-state index contributed by atoms with van der Waals surface area (Å²) < 4.78 is 5.51. The van der Waals surface area contributed by atoms with E-state index in [4.69, 9.17) is 0 Å². The van der Waals surface area contributed by atoms with Gasteiger partial charge in [0, 0.05) is 5.88 Å². The van der Waals surface area contributed by atoms with Gasteiger partial charge >= 0.3 is 5.96 Å². The number of guanidine groups is 1. The average molecular weight is 238 g/mol. The SMILES string of the molecule is NC(N)=[NH2+].[O-]c1nc2nonc2n2nnnc12. The fourth-order valence-electron chi connectivity index (χ4n) is 0.993. The Hall–Kier alpha value is -3.05. The minimum absolute atomic E-state index is 0.00296. The normalized spacial score (nSPS) is 10.1. The second-order valence-corrected chi connectivity index (χ2v) is 2.74. The molecular weight excluding hydrogens is 232 g/mol. The Kier molecular flexibility index (Phi) is 2.36. The van der Waals surface area contributed by atoms with Gasteiger partial charge in [0.25, 0.3) is 0 Å². The van der Waals surface area contributed by atoms with Crippen molar-refractivity contribution in [3.63, 3.8) is 0 Å². The van der Waals surface area contributed by atoms with E-state index in [2.05, 4.69) is 52.3 Å². The van der Waals surface area contributed by atoms with Crippen LogP contribution in [0.4, 0.5) is 0 Å². The number of fused-ring (bicyclic) bond motifs is 3. The molecule has 6 N–H and O–H groups in total. The first-order valence-corrected chi connectivity index (χ1v) is 4.10. The van der Waals surface area contributed by atoms with E-state index in [1.807, 2.05) is 0 Å². The first-order chi connectivity index (χ1) is 8.09. The van der Waals surface area contributed by atoms with E-state index in [-0.39, 0.29) is 22.9 Å². The van der Waals surface area contributed by atoms with Crippen molar-refractivity contribution in [2.24, 2.45) is 11.5 Å². The zero-order valence-corrected chi connectivity index (χ0v) is 8.18. The predicted molar refractivity (Wildman–Crippen MR) is 48.7 cm³/mol. The molecule has 0 saturated carbocycles. The van der Waals surface area contributed by atoms with Crippen molar-refractivity contribution in [3.8, 4) is 5.88 Å². The molecule has 0 spiro atoms. The van der Waals surface area contributed by atoms with Gasteiger partial charge in [0.15, 0.2) is 5.65 Å². The molecule has 0 atom stereocenters. The molecule has 0 aliphatic heterocycles. The van der Waals surface area contributed by atoms with Crippen LogP contribution in [0.1, 0.15) is 0 Å². The molecule has 0 aromatic carbocycles. The van der Waals surface area contributed by atoms with E-state index in [9.17, 15) is 5.11 Å². The van der Waals surface area contributed by atoms with Crippen molar-refractivity contribution in [2.45, 2.75) is 0 Å². The number of rotatable bonds is 0. The van der Waals surface area contributed by atoms with E-state index < -0.39 is 5.88 Å². The van der Waals surface area contributed by atoms with Crippen molar-refractivity contribution < 1.29 is 15.1 Å². The molecule has 0 unspecified atom stereocenters. The van der Waals surface area contributed by atoms with Crippen LogP contribution in [0.15, 0.2) is 4.63 Å². The van der Waals surface area contributed by atoms with Crippen LogP contribution in [0.25, 0.3) is 16.9 Å². The third-order valence-corrected chi connectivity index (χ3v) is 1.52. The van der Waals surface area contributed by atoms with Gasteiger partial charge < -0.3 is 5.11 Å². The quantitative estimate of drug-likeness (QED) is 0.252. The maximum Gasteiger partial charge on any atom is 0.336 e. The minimum atomic E-state index is -0.562. The molecule has 12 heteroatoms. The summed E-state index contributed by atoms with van der Waals surface area (Å²) in [6.45, 7) is 0. The van der Waals surface area contributed by atoms with Gasteiger partial charge in [0.05, 0.1) is 0 Å². The van der Waals surface area contributed by atoms with Crippen molar-refractivity contribution in [3.05, 3.63) is 0 Å². The highest BCUT2D eigenvalue weighted by atomic mass is 16.6. The van der Waals surface area contributed by atoms with E-state index in [0.717, 1.165) is 4.52 Å². The Balaban J connectivity index is 0.000000239. The largest absolute Gasteiger partial charge is 0.856 e. The van der Waals surface area contributed by atoms with E-state index in [1.165, 1.54) is 0 Å². The van der Waals surface area contributed by atoms with Crippen molar-refractivity contribution in [1.29, 1.82) is 0 Å². The maximum atomic E-state index is 11.2. The van der Waals surface area contributed by atoms with Gasteiger partial charge in [-0.15, -0.1) is 5.10 Å². The molecule has 12 nitrogen and oxygen atoms in total. The molecule has 0 bridgehead atoms. The van der Waals surface area contributed by atoms with Gasteiger partial charge in [-0.25, -0.2) is 9.61 Å². The van der Waals surface area contributed by atoms with Crippen molar-refractivity contribution in [1.82, 2.24) is 35.3 Å². The molecule has 0 saturated heterocycles. The lowest BCUT2D eigenvalue weighted by molar-refractivity contribution is -0.272. The molecule has 0 fully saturated rings. The zero-order valence-electron chi connectivity index (χ0n) is 8.18. The second-order valence-electron chi connectivity index (χ2n) is 2.74. The molecule has 3 aromatic heterocycles. The molecule has 3 aromatic rings. The fourth-order valence-corrected chi connectivity index (χ4v) is 0.993. The first-order valence-electron chi connectivity index (χ1n) is 4.10. The third-order valence-electron chi connectivity index (χ3n) is 1.52. The summed E-state index contributed by atoms with van der Waals surface area (Å²) in [5, 5.41) is 32.9. The van der Waals surface area contributed by atoms with Crippen LogP contribution < -0.4 is 22.0 Å². The van der Waals surface area contributed by atoms with Crippen LogP contribution in [-0.4, -0.2) is 41.3 Å². The van der Waals surface area contributed by atoms with Gasteiger partial charge in [-0.3, -0.25) is 16.9 Å². The third kappa shape index (κ3) is 1.85. The molecule has 3 rings (SSSR count). The highest BCUT2D eigenvalue weighted by Gasteiger charge is 2.09. The summed E-state index contributed by atoms with van der Waals surface area (Å²) in [4.78, 5) is 3.55. The lowest BCUT2D eigenvalue weighted by Gasteiger charge is -2.01. The lowest BCUT2D eigenvalue weighted by Crippen LogP contribution is -2.51. The average Bonchev–Trinajstić information content (AvgIpc) is 2.80. The van der Waals surface area contributed by atoms with Crippen LogP contribution in [0.5, 0.6) is 5.88 Å². The predicted octanol–water partition coefficient (Wildman–Crippen LogP) is -4.85. The van der Waals surface area contributed by atoms with Crippen LogP contribution in [0.3, 0.4) is 0 Å². The van der Waals surface area contributed by atoms with Gasteiger partial charge in [-0.05, 0) is 20.7 Å². The summed E-state index contributed by atoms with van der Waals surface area (Å²) in [5.41, 5.74) is 9.48. The summed E-state index contributed by atoms with van der Waals surface area (Å²) in [6, 6.07) is 0. The number of aromatic nitrogens is 7. The number of tetrazole rings is 1. The van der Waals surface area contributed by atoms with Crippen LogP contribution in [0, 0.1) is 0 Å². The van der Waals surface area contributed by atoms with Gasteiger partial charge in [0.1, 0.15) is 0 Å². The molecule has 0 amide bonds. The molecular formula is C5H6N10O2.